The van der Waals surface area contributed by atoms with Crippen LogP contribution in [0.15, 0.2) is 0 Å². The van der Waals surface area contributed by atoms with E-state index in [1.165, 1.54) is 0 Å². The standard InChI is InChI=1S/C26H50N4O2S2/c1-5-9-19-29(20-10-6-2)25(33)27-23(31)17-15-13-14-16-18-24(32)28-26(34)30(21-11-7-3)22-12-8-4/h5-22H2,1-4H3,(H,27,31,33)(H,28,32,34). The third-order valence-corrected chi connectivity index (χ3v) is 6.47. The third kappa shape index (κ3) is 17.2. The molecule has 0 aliphatic carbocycles. The maximum atomic E-state index is 12.3. The van der Waals surface area contributed by atoms with Crippen LogP contribution in [0.3, 0.4) is 0 Å². The molecule has 0 aliphatic rings. The highest BCUT2D eigenvalue weighted by molar-refractivity contribution is 7.80. The highest BCUT2D eigenvalue weighted by Crippen LogP contribution is 2.07. The summed E-state index contributed by atoms with van der Waals surface area (Å²) < 4.78 is 0. The molecule has 0 atom stereocenters. The van der Waals surface area contributed by atoms with Crippen molar-refractivity contribution in [2.45, 2.75) is 118 Å². The summed E-state index contributed by atoms with van der Waals surface area (Å²) in [4.78, 5) is 28.8. The lowest BCUT2D eigenvalue weighted by molar-refractivity contribution is -0.121. The summed E-state index contributed by atoms with van der Waals surface area (Å²) in [5.41, 5.74) is 0. The molecule has 0 unspecified atom stereocenters. The van der Waals surface area contributed by atoms with Crippen LogP contribution in [0.1, 0.15) is 118 Å². The monoisotopic (exact) mass is 514 g/mol. The summed E-state index contributed by atoms with van der Waals surface area (Å²) >= 11 is 10.9. The first-order valence-corrected chi connectivity index (χ1v) is 14.4. The number of thiocarbonyl (C=S) groups is 2. The molecule has 198 valence electrons. The Hall–Kier alpha value is -1.28. The van der Waals surface area contributed by atoms with Gasteiger partial charge in [-0.3, -0.25) is 9.59 Å². The second kappa shape index (κ2) is 22.2. The first-order chi connectivity index (χ1) is 16.4. The van der Waals surface area contributed by atoms with Crippen molar-refractivity contribution in [3.63, 3.8) is 0 Å². The van der Waals surface area contributed by atoms with E-state index in [1.54, 1.807) is 0 Å². The van der Waals surface area contributed by atoms with Gasteiger partial charge in [0.1, 0.15) is 0 Å². The van der Waals surface area contributed by atoms with Crippen LogP contribution < -0.4 is 10.6 Å². The third-order valence-electron chi connectivity index (χ3n) is 5.75. The lowest BCUT2D eigenvalue weighted by Gasteiger charge is -2.25. The van der Waals surface area contributed by atoms with Crippen molar-refractivity contribution in [3.05, 3.63) is 0 Å². The predicted molar refractivity (Wildman–Crippen MR) is 152 cm³/mol. The molecule has 0 fully saturated rings. The van der Waals surface area contributed by atoms with Crippen LogP contribution in [0.25, 0.3) is 0 Å². The Bertz CT molecular complexity index is 521. The van der Waals surface area contributed by atoms with Crippen LogP contribution in [-0.2, 0) is 9.59 Å². The van der Waals surface area contributed by atoms with E-state index in [0.717, 1.165) is 103 Å². The zero-order chi connectivity index (χ0) is 25.6. The van der Waals surface area contributed by atoms with Crippen molar-refractivity contribution in [2.24, 2.45) is 0 Å². The Morgan fingerprint density at radius 3 is 1.09 bits per heavy atom. The number of hydrogen-bond donors (Lipinski definition) is 2. The zero-order valence-corrected chi connectivity index (χ0v) is 23.9. The number of rotatable bonds is 19. The number of nitrogens with one attached hydrogen (secondary N) is 2. The molecule has 0 saturated carbocycles. The molecular weight excluding hydrogens is 464 g/mol. The van der Waals surface area contributed by atoms with Gasteiger partial charge in [0.2, 0.25) is 11.8 Å². The average Bonchev–Trinajstić information content (AvgIpc) is 2.81. The van der Waals surface area contributed by atoms with Crippen LogP contribution in [-0.4, -0.2) is 58.0 Å². The van der Waals surface area contributed by atoms with Gasteiger partial charge in [-0.05, 0) is 63.0 Å². The fraction of sp³-hybridized carbons (Fsp3) is 0.846. The first kappa shape index (κ1) is 32.7. The Labute approximate surface area is 220 Å². The highest BCUT2D eigenvalue weighted by Gasteiger charge is 2.13. The Morgan fingerprint density at radius 1 is 0.529 bits per heavy atom. The fourth-order valence-electron chi connectivity index (χ4n) is 3.47. The van der Waals surface area contributed by atoms with Gasteiger partial charge in [0.25, 0.3) is 0 Å². The topological polar surface area (TPSA) is 64.7 Å². The number of unbranched alkanes of at least 4 members (excludes halogenated alkanes) is 7. The fourth-order valence-corrected chi connectivity index (χ4v) is 4.06. The van der Waals surface area contributed by atoms with Crippen LogP contribution in [0.5, 0.6) is 0 Å². The molecule has 0 aromatic heterocycles. The zero-order valence-electron chi connectivity index (χ0n) is 22.3. The Morgan fingerprint density at radius 2 is 0.824 bits per heavy atom. The van der Waals surface area contributed by atoms with Gasteiger partial charge in [0.05, 0.1) is 0 Å². The Balaban J connectivity index is 4.10. The minimum atomic E-state index is -0.00895. The van der Waals surface area contributed by atoms with E-state index in [0.29, 0.717) is 23.1 Å². The largest absolute Gasteiger partial charge is 0.349 e. The quantitative estimate of drug-likeness (QED) is 0.164. The minimum Gasteiger partial charge on any atom is -0.349 e. The Kier molecular flexibility index (Phi) is 21.4. The van der Waals surface area contributed by atoms with Gasteiger partial charge in [0, 0.05) is 39.0 Å². The number of nitrogens with zero attached hydrogens (tertiary/aromatic N) is 2. The smallest absolute Gasteiger partial charge is 0.226 e. The van der Waals surface area contributed by atoms with Gasteiger partial charge in [0.15, 0.2) is 10.2 Å². The summed E-state index contributed by atoms with van der Waals surface area (Å²) in [6.07, 6.45) is 13.1. The molecule has 6 nitrogen and oxygen atoms in total. The number of amides is 2. The van der Waals surface area contributed by atoms with Crippen LogP contribution in [0.4, 0.5) is 0 Å². The average molecular weight is 515 g/mol. The van der Waals surface area contributed by atoms with Crippen molar-refractivity contribution in [3.8, 4) is 0 Å². The maximum Gasteiger partial charge on any atom is 0.226 e. The van der Waals surface area contributed by atoms with E-state index in [4.69, 9.17) is 24.4 Å². The van der Waals surface area contributed by atoms with E-state index in [1.807, 2.05) is 0 Å². The minimum absolute atomic E-state index is 0.00895. The van der Waals surface area contributed by atoms with Gasteiger partial charge in [-0.25, -0.2) is 0 Å². The van der Waals surface area contributed by atoms with E-state index >= 15 is 0 Å². The van der Waals surface area contributed by atoms with Gasteiger partial charge in [-0.15, -0.1) is 0 Å². The highest BCUT2D eigenvalue weighted by atomic mass is 32.1. The summed E-state index contributed by atoms with van der Waals surface area (Å²) in [5.74, 6) is -0.0179. The molecule has 0 bridgehead atoms. The van der Waals surface area contributed by atoms with Crippen LogP contribution >= 0.6 is 24.4 Å². The molecule has 0 aromatic rings. The van der Waals surface area contributed by atoms with Crippen molar-refractivity contribution >= 4 is 46.5 Å². The molecular formula is C26H50N4O2S2. The lowest BCUT2D eigenvalue weighted by Crippen LogP contribution is -2.43. The molecule has 0 aromatic carbocycles. The van der Waals surface area contributed by atoms with Crippen molar-refractivity contribution in [1.82, 2.24) is 20.4 Å². The molecule has 0 aliphatic heterocycles. The van der Waals surface area contributed by atoms with Crippen molar-refractivity contribution in [2.75, 3.05) is 26.2 Å². The molecule has 0 radical (unpaired) electrons. The maximum absolute atomic E-state index is 12.3. The molecule has 0 heterocycles. The van der Waals surface area contributed by atoms with Crippen LogP contribution in [0.2, 0.25) is 0 Å². The molecule has 2 amide bonds. The van der Waals surface area contributed by atoms with E-state index in [2.05, 4.69) is 48.1 Å². The summed E-state index contributed by atoms with van der Waals surface area (Å²) in [7, 11) is 0. The van der Waals surface area contributed by atoms with Gasteiger partial charge < -0.3 is 20.4 Å². The molecule has 0 saturated heterocycles. The van der Waals surface area contributed by atoms with E-state index < -0.39 is 0 Å². The van der Waals surface area contributed by atoms with E-state index in [-0.39, 0.29) is 11.8 Å². The van der Waals surface area contributed by atoms with Crippen molar-refractivity contribution in [1.29, 1.82) is 0 Å². The summed E-state index contributed by atoms with van der Waals surface area (Å²) in [6, 6.07) is 0. The van der Waals surface area contributed by atoms with E-state index in [9.17, 15) is 9.59 Å². The van der Waals surface area contributed by atoms with Gasteiger partial charge in [-0.1, -0.05) is 66.2 Å². The predicted octanol–water partition coefficient (Wildman–Crippen LogP) is 5.93. The second-order valence-corrected chi connectivity index (χ2v) is 9.78. The first-order valence-electron chi connectivity index (χ1n) is 13.6. The molecule has 34 heavy (non-hydrogen) atoms. The van der Waals surface area contributed by atoms with Gasteiger partial charge >= 0.3 is 0 Å². The lowest BCUT2D eigenvalue weighted by atomic mass is 10.1. The second-order valence-electron chi connectivity index (χ2n) is 9.01. The van der Waals surface area contributed by atoms with Gasteiger partial charge in [-0.2, -0.15) is 0 Å². The number of carbonyl (C=O) groups is 2. The molecule has 0 rings (SSSR count). The summed E-state index contributed by atoms with van der Waals surface area (Å²) in [5, 5.41) is 6.93. The molecule has 2 N–H and O–H groups in total. The summed E-state index contributed by atoms with van der Waals surface area (Å²) in [6.45, 7) is 12.2. The number of carbonyl (C=O) groups excluding carboxylic acids is 2. The normalized spacial score (nSPS) is 10.6. The molecule has 0 spiro atoms. The SMILES string of the molecule is CCCCN(CCCC)C(=S)NC(=O)CCCCCCC(=O)NC(=S)N(CCCC)CCCC. The van der Waals surface area contributed by atoms with Crippen LogP contribution in [0, 0.1) is 0 Å². The molecule has 8 heteroatoms. The van der Waals surface area contributed by atoms with Crippen molar-refractivity contribution < 1.29 is 9.59 Å². The number of hydrogen-bond acceptors (Lipinski definition) is 4.